The van der Waals surface area contributed by atoms with Crippen LogP contribution in [-0.2, 0) is 0 Å². The van der Waals surface area contributed by atoms with Gasteiger partial charge in [-0.15, -0.1) is 0 Å². The van der Waals surface area contributed by atoms with Crippen molar-refractivity contribution in [1.29, 1.82) is 0 Å². The van der Waals surface area contributed by atoms with E-state index in [4.69, 9.17) is 0 Å². The zero-order chi connectivity index (χ0) is 12.3. The second-order valence-electron chi connectivity index (χ2n) is 4.70. The molecule has 0 aliphatic heterocycles. The van der Waals surface area contributed by atoms with Crippen molar-refractivity contribution in [2.75, 3.05) is 13.6 Å². The summed E-state index contributed by atoms with van der Waals surface area (Å²) in [5.74, 6) is -0.126. The molecule has 1 aromatic rings. The summed E-state index contributed by atoms with van der Waals surface area (Å²) in [4.78, 5) is 17.1. The lowest BCUT2D eigenvalue weighted by atomic mass is 10.1. The van der Waals surface area contributed by atoms with Gasteiger partial charge in [0, 0.05) is 31.4 Å². The normalized spacial score (nSPS) is 16.1. The Bertz CT molecular complexity index is 402. The fourth-order valence-electron chi connectivity index (χ4n) is 2.42. The van der Waals surface area contributed by atoms with Crippen LogP contribution in [0.3, 0.4) is 0 Å². The molecule has 1 saturated carbocycles. The number of nitrogens with zero attached hydrogens (tertiary/aromatic N) is 2. The van der Waals surface area contributed by atoms with E-state index in [0.29, 0.717) is 11.5 Å². The van der Waals surface area contributed by atoms with Crippen LogP contribution in [0.5, 0.6) is 0 Å². The molecule has 2 rings (SSSR count). The highest BCUT2D eigenvalue weighted by Gasteiger charge is 2.20. The Labute approximate surface area is 101 Å². The average Bonchev–Trinajstić information content (AvgIpc) is 2.80. The maximum Gasteiger partial charge on any atom is 0.253 e. The first-order valence-electron chi connectivity index (χ1n) is 6.04. The van der Waals surface area contributed by atoms with Crippen molar-refractivity contribution in [2.24, 2.45) is 5.92 Å². The number of hydrogen-bond donors (Lipinski definition) is 0. The van der Waals surface area contributed by atoms with E-state index in [1.54, 1.807) is 18.0 Å². The van der Waals surface area contributed by atoms with Gasteiger partial charge >= 0.3 is 0 Å². The molecule has 92 valence electrons. The minimum absolute atomic E-state index is 0.127. The van der Waals surface area contributed by atoms with Crippen molar-refractivity contribution in [3.8, 4) is 0 Å². The third kappa shape index (κ3) is 3.02. The first kappa shape index (κ1) is 12.0. The standard InChI is InChI=1S/C13H17FN2O/c1-16(9-10-4-2-3-5-10)13(17)11-6-7-15-12(14)8-11/h6-8,10H,2-5,9H2,1H3. The molecule has 1 aliphatic rings. The molecule has 3 nitrogen and oxygen atoms in total. The van der Waals surface area contributed by atoms with E-state index >= 15 is 0 Å². The number of aromatic nitrogens is 1. The molecular formula is C13H17FN2O. The quantitative estimate of drug-likeness (QED) is 0.755. The van der Waals surface area contributed by atoms with Gasteiger partial charge in [0.25, 0.3) is 5.91 Å². The van der Waals surface area contributed by atoms with Gasteiger partial charge in [-0.2, -0.15) is 4.39 Å². The highest BCUT2D eigenvalue weighted by atomic mass is 19.1. The molecule has 0 atom stereocenters. The molecule has 1 amide bonds. The fourth-order valence-corrected chi connectivity index (χ4v) is 2.42. The summed E-state index contributed by atoms with van der Waals surface area (Å²) < 4.78 is 12.9. The smallest absolute Gasteiger partial charge is 0.253 e. The number of pyridine rings is 1. The molecule has 0 aromatic carbocycles. The van der Waals surface area contributed by atoms with Crippen molar-refractivity contribution in [2.45, 2.75) is 25.7 Å². The third-order valence-corrected chi connectivity index (χ3v) is 3.33. The largest absolute Gasteiger partial charge is 0.341 e. The molecular weight excluding hydrogens is 219 g/mol. The Morgan fingerprint density at radius 2 is 2.24 bits per heavy atom. The second-order valence-corrected chi connectivity index (χ2v) is 4.70. The minimum atomic E-state index is -0.606. The Balaban J connectivity index is 1.98. The number of halogens is 1. The maximum atomic E-state index is 12.9. The number of amides is 1. The van der Waals surface area contributed by atoms with E-state index < -0.39 is 5.95 Å². The molecule has 1 aromatic heterocycles. The number of carbonyl (C=O) groups excluding carboxylic acids is 1. The van der Waals surface area contributed by atoms with Crippen molar-refractivity contribution in [1.82, 2.24) is 9.88 Å². The van der Waals surface area contributed by atoms with Crippen LogP contribution in [-0.4, -0.2) is 29.4 Å². The molecule has 0 N–H and O–H groups in total. The molecule has 1 fully saturated rings. The van der Waals surface area contributed by atoms with E-state index in [2.05, 4.69) is 4.98 Å². The van der Waals surface area contributed by atoms with Gasteiger partial charge in [-0.05, 0) is 24.8 Å². The SMILES string of the molecule is CN(CC1CCCC1)C(=O)c1ccnc(F)c1. The molecule has 1 heterocycles. The summed E-state index contributed by atoms with van der Waals surface area (Å²) >= 11 is 0. The topological polar surface area (TPSA) is 33.2 Å². The summed E-state index contributed by atoms with van der Waals surface area (Å²) in [5.41, 5.74) is 0.373. The highest BCUT2D eigenvalue weighted by molar-refractivity contribution is 5.93. The van der Waals surface area contributed by atoms with Crippen molar-refractivity contribution >= 4 is 5.91 Å². The van der Waals surface area contributed by atoms with Crippen LogP contribution in [0, 0.1) is 11.9 Å². The predicted octanol–water partition coefficient (Wildman–Crippen LogP) is 2.48. The van der Waals surface area contributed by atoms with Crippen LogP contribution in [0.4, 0.5) is 4.39 Å². The van der Waals surface area contributed by atoms with Crippen molar-refractivity contribution < 1.29 is 9.18 Å². The highest BCUT2D eigenvalue weighted by Crippen LogP contribution is 2.25. The van der Waals surface area contributed by atoms with Crippen LogP contribution in [0.1, 0.15) is 36.0 Å². The lowest BCUT2D eigenvalue weighted by Gasteiger charge is -2.21. The summed E-state index contributed by atoms with van der Waals surface area (Å²) in [6, 6.07) is 2.74. The molecule has 17 heavy (non-hydrogen) atoms. The van der Waals surface area contributed by atoms with E-state index in [0.717, 1.165) is 6.54 Å². The maximum absolute atomic E-state index is 12.9. The van der Waals surface area contributed by atoms with Crippen LogP contribution in [0.2, 0.25) is 0 Å². The molecule has 0 saturated heterocycles. The zero-order valence-electron chi connectivity index (χ0n) is 10.0. The van der Waals surface area contributed by atoms with E-state index in [1.807, 2.05) is 0 Å². The van der Waals surface area contributed by atoms with Crippen molar-refractivity contribution in [3.05, 3.63) is 29.8 Å². The fraction of sp³-hybridized carbons (Fsp3) is 0.538. The van der Waals surface area contributed by atoms with Gasteiger partial charge in [-0.1, -0.05) is 12.8 Å². The average molecular weight is 236 g/mol. The summed E-state index contributed by atoms with van der Waals surface area (Å²) in [5, 5.41) is 0. The molecule has 0 spiro atoms. The van der Waals surface area contributed by atoms with Crippen LogP contribution in [0.15, 0.2) is 18.3 Å². The van der Waals surface area contributed by atoms with Gasteiger partial charge in [0.05, 0.1) is 0 Å². The van der Waals surface area contributed by atoms with E-state index in [1.165, 1.54) is 37.9 Å². The van der Waals surface area contributed by atoms with Gasteiger partial charge in [0.2, 0.25) is 5.95 Å². The summed E-state index contributed by atoms with van der Waals surface area (Å²) in [6.07, 6.45) is 6.24. The molecule has 0 bridgehead atoms. The Morgan fingerprint density at radius 1 is 1.53 bits per heavy atom. The van der Waals surface area contributed by atoms with Gasteiger partial charge in [-0.3, -0.25) is 4.79 Å². The van der Waals surface area contributed by atoms with Crippen LogP contribution < -0.4 is 0 Å². The molecule has 0 radical (unpaired) electrons. The number of hydrogen-bond acceptors (Lipinski definition) is 2. The van der Waals surface area contributed by atoms with Gasteiger partial charge in [0.15, 0.2) is 0 Å². The second kappa shape index (κ2) is 5.25. The lowest BCUT2D eigenvalue weighted by molar-refractivity contribution is 0.0772. The predicted molar refractivity (Wildman–Crippen MR) is 63.1 cm³/mol. The summed E-state index contributed by atoms with van der Waals surface area (Å²) in [6.45, 7) is 0.767. The third-order valence-electron chi connectivity index (χ3n) is 3.33. The monoisotopic (exact) mass is 236 g/mol. The lowest BCUT2D eigenvalue weighted by Crippen LogP contribution is -2.31. The molecule has 4 heteroatoms. The first-order valence-corrected chi connectivity index (χ1v) is 6.04. The molecule has 0 unspecified atom stereocenters. The van der Waals surface area contributed by atoms with Crippen LogP contribution >= 0.6 is 0 Å². The number of carbonyl (C=O) groups is 1. The first-order chi connectivity index (χ1) is 8.16. The van der Waals surface area contributed by atoms with E-state index in [9.17, 15) is 9.18 Å². The van der Waals surface area contributed by atoms with Gasteiger partial charge in [0.1, 0.15) is 0 Å². The van der Waals surface area contributed by atoms with Crippen molar-refractivity contribution in [3.63, 3.8) is 0 Å². The summed E-state index contributed by atoms with van der Waals surface area (Å²) in [7, 11) is 1.78. The molecule has 1 aliphatic carbocycles. The van der Waals surface area contributed by atoms with Gasteiger partial charge in [-0.25, -0.2) is 4.98 Å². The van der Waals surface area contributed by atoms with Gasteiger partial charge < -0.3 is 4.90 Å². The number of rotatable bonds is 3. The Kier molecular flexibility index (Phi) is 3.71. The van der Waals surface area contributed by atoms with E-state index in [-0.39, 0.29) is 5.91 Å². The zero-order valence-corrected chi connectivity index (χ0v) is 10.0. The minimum Gasteiger partial charge on any atom is -0.341 e. The Morgan fingerprint density at radius 3 is 2.88 bits per heavy atom. The van der Waals surface area contributed by atoms with Crippen LogP contribution in [0.25, 0.3) is 0 Å². The Hall–Kier alpha value is -1.45.